The number of nitrogens with one attached hydrogen (secondary N) is 2. The molecule has 2 aromatic rings. The van der Waals surface area contributed by atoms with Gasteiger partial charge < -0.3 is 10.6 Å². The lowest BCUT2D eigenvalue weighted by Crippen LogP contribution is -2.35. The van der Waals surface area contributed by atoms with E-state index in [1.54, 1.807) is 18.4 Å². The summed E-state index contributed by atoms with van der Waals surface area (Å²) in [5.74, 6) is 0.353. The summed E-state index contributed by atoms with van der Waals surface area (Å²) >= 11 is 6.06. The van der Waals surface area contributed by atoms with Gasteiger partial charge in [0.1, 0.15) is 0 Å². The zero-order chi connectivity index (χ0) is 16.8. The summed E-state index contributed by atoms with van der Waals surface area (Å²) in [7, 11) is -1.03. The molecule has 2 N–H and O–H groups in total. The molecule has 0 saturated carbocycles. The molecular weight excluding hydrogens is 332 g/mol. The Morgan fingerprint density at radius 3 is 2.52 bits per heavy atom. The van der Waals surface area contributed by atoms with Gasteiger partial charge in [-0.15, -0.1) is 0 Å². The average Bonchev–Trinajstić information content (AvgIpc) is 2.51. The quantitative estimate of drug-likeness (QED) is 0.859. The second-order valence-electron chi connectivity index (χ2n) is 5.27. The normalized spacial score (nSPS) is 13.2. The maximum absolute atomic E-state index is 12.2. The molecule has 23 heavy (non-hydrogen) atoms. The molecule has 0 radical (unpaired) electrons. The Balaban J connectivity index is 2.08. The van der Waals surface area contributed by atoms with E-state index in [0.717, 1.165) is 11.1 Å². The van der Waals surface area contributed by atoms with Gasteiger partial charge in [-0.05, 0) is 30.2 Å². The predicted molar refractivity (Wildman–Crippen MR) is 96.5 cm³/mol. The molecule has 4 nitrogen and oxygen atoms in total. The summed E-state index contributed by atoms with van der Waals surface area (Å²) in [6, 6.07) is 14.1. The van der Waals surface area contributed by atoms with E-state index in [4.69, 9.17) is 11.6 Å². The number of hydrogen-bond acceptors (Lipinski definition) is 2. The van der Waals surface area contributed by atoms with Crippen LogP contribution in [0.15, 0.2) is 48.5 Å². The number of amides is 2. The number of halogens is 1. The summed E-state index contributed by atoms with van der Waals surface area (Å²) in [4.78, 5) is 12.2. The molecule has 6 heteroatoms. The van der Waals surface area contributed by atoms with Gasteiger partial charge in [0, 0.05) is 33.5 Å². The number of hydrogen-bond donors (Lipinski definition) is 2. The van der Waals surface area contributed by atoms with Crippen molar-refractivity contribution in [3.8, 4) is 0 Å². The molecule has 0 aliphatic rings. The van der Waals surface area contributed by atoms with Crippen LogP contribution in [0.4, 0.5) is 10.5 Å². The van der Waals surface area contributed by atoms with Crippen LogP contribution in [-0.2, 0) is 10.8 Å². The molecule has 2 amide bonds. The van der Waals surface area contributed by atoms with Crippen LogP contribution in [0.3, 0.4) is 0 Å². The fourth-order valence-electron chi connectivity index (χ4n) is 2.14. The molecule has 2 aromatic carbocycles. The van der Waals surface area contributed by atoms with Gasteiger partial charge in [-0.1, -0.05) is 48.0 Å². The number of urea groups is 1. The van der Waals surface area contributed by atoms with E-state index in [0.29, 0.717) is 16.5 Å². The lowest BCUT2D eigenvalue weighted by molar-refractivity contribution is 0.249. The van der Waals surface area contributed by atoms with E-state index in [2.05, 4.69) is 10.6 Å². The number of anilines is 1. The van der Waals surface area contributed by atoms with Crippen LogP contribution in [0, 0.1) is 6.92 Å². The van der Waals surface area contributed by atoms with E-state index in [-0.39, 0.29) is 12.1 Å². The molecule has 0 fully saturated rings. The molecule has 0 aromatic heterocycles. The molecule has 0 heterocycles. The molecule has 0 aliphatic heterocycles. The minimum atomic E-state index is -1.03. The Hall–Kier alpha value is -1.85. The molecule has 122 valence electrons. The lowest BCUT2D eigenvalue weighted by Gasteiger charge is -2.18. The van der Waals surface area contributed by atoms with Gasteiger partial charge >= 0.3 is 6.03 Å². The van der Waals surface area contributed by atoms with Crippen molar-refractivity contribution in [1.29, 1.82) is 0 Å². The van der Waals surface area contributed by atoms with Gasteiger partial charge in [-0.25, -0.2) is 4.79 Å². The number of benzene rings is 2. The van der Waals surface area contributed by atoms with Crippen molar-refractivity contribution in [3.05, 3.63) is 64.7 Å². The Labute approximate surface area is 143 Å². The highest BCUT2D eigenvalue weighted by atomic mass is 35.5. The lowest BCUT2D eigenvalue weighted by atomic mass is 10.1. The highest BCUT2D eigenvalue weighted by molar-refractivity contribution is 7.84. The van der Waals surface area contributed by atoms with Crippen molar-refractivity contribution >= 4 is 34.1 Å². The molecule has 2 atom stereocenters. The zero-order valence-corrected chi connectivity index (χ0v) is 14.6. The van der Waals surface area contributed by atoms with Gasteiger partial charge in [-0.2, -0.15) is 0 Å². The van der Waals surface area contributed by atoms with Crippen LogP contribution in [-0.4, -0.2) is 22.2 Å². The van der Waals surface area contributed by atoms with E-state index < -0.39 is 10.8 Å². The number of rotatable bonds is 5. The topological polar surface area (TPSA) is 58.2 Å². The molecule has 0 bridgehead atoms. The third-order valence-corrected chi connectivity index (χ3v) is 4.55. The molecule has 0 aliphatic carbocycles. The van der Waals surface area contributed by atoms with Gasteiger partial charge in [-0.3, -0.25) is 4.21 Å². The van der Waals surface area contributed by atoms with Crippen LogP contribution < -0.4 is 10.6 Å². The third-order valence-electron chi connectivity index (χ3n) is 3.34. The van der Waals surface area contributed by atoms with Gasteiger partial charge in [0.05, 0.1) is 6.04 Å². The minimum absolute atomic E-state index is 0.317. The third kappa shape index (κ3) is 5.37. The van der Waals surface area contributed by atoms with Crippen LogP contribution in [0.1, 0.15) is 17.2 Å². The van der Waals surface area contributed by atoms with E-state index in [1.165, 1.54) is 0 Å². The minimum Gasteiger partial charge on any atom is -0.330 e. The largest absolute Gasteiger partial charge is 0.330 e. The summed E-state index contributed by atoms with van der Waals surface area (Å²) in [5, 5.41) is 6.21. The average molecular weight is 351 g/mol. The fraction of sp³-hybridized carbons (Fsp3) is 0.235. The van der Waals surface area contributed by atoms with Crippen LogP contribution in [0.25, 0.3) is 0 Å². The standard InChI is InChI=1S/C17H19ClN2O2S/c1-12-8-9-14(10-15(12)18)19-17(21)20-16(11-23(2)22)13-6-4-3-5-7-13/h3-10,16H,11H2,1-2H3,(H2,19,20,21)/t16-,23-/m1/s1. The summed E-state index contributed by atoms with van der Waals surface area (Å²) < 4.78 is 11.6. The monoisotopic (exact) mass is 350 g/mol. The van der Waals surface area contributed by atoms with Crippen molar-refractivity contribution in [2.45, 2.75) is 13.0 Å². The zero-order valence-electron chi connectivity index (χ0n) is 13.0. The Morgan fingerprint density at radius 1 is 1.22 bits per heavy atom. The molecule has 0 spiro atoms. The van der Waals surface area contributed by atoms with Crippen molar-refractivity contribution < 1.29 is 9.00 Å². The molecule has 2 rings (SSSR count). The van der Waals surface area contributed by atoms with Crippen molar-refractivity contribution in [1.82, 2.24) is 5.32 Å². The predicted octanol–water partition coefficient (Wildman–Crippen LogP) is 3.89. The van der Waals surface area contributed by atoms with Crippen molar-refractivity contribution in [2.24, 2.45) is 0 Å². The van der Waals surface area contributed by atoms with Crippen LogP contribution in [0.5, 0.6) is 0 Å². The molecular formula is C17H19ClN2O2S. The van der Waals surface area contributed by atoms with E-state index >= 15 is 0 Å². The van der Waals surface area contributed by atoms with Crippen molar-refractivity contribution in [2.75, 3.05) is 17.3 Å². The van der Waals surface area contributed by atoms with Crippen LogP contribution in [0.2, 0.25) is 5.02 Å². The Bertz CT molecular complexity index is 707. The number of carbonyl (C=O) groups is 1. The Morgan fingerprint density at radius 2 is 1.91 bits per heavy atom. The van der Waals surface area contributed by atoms with Crippen molar-refractivity contribution in [3.63, 3.8) is 0 Å². The smallest absolute Gasteiger partial charge is 0.319 e. The van der Waals surface area contributed by atoms with E-state index in [1.807, 2.05) is 43.3 Å². The van der Waals surface area contributed by atoms with Gasteiger partial charge in [0.25, 0.3) is 0 Å². The van der Waals surface area contributed by atoms with Crippen LogP contribution >= 0.6 is 11.6 Å². The second-order valence-corrected chi connectivity index (χ2v) is 7.15. The highest BCUT2D eigenvalue weighted by Gasteiger charge is 2.16. The Kier molecular flexibility index (Phi) is 6.19. The number of aryl methyl sites for hydroxylation is 1. The van der Waals surface area contributed by atoms with Gasteiger partial charge in [0.15, 0.2) is 0 Å². The highest BCUT2D eigenvalue weighted by Crippen LogP contribution is 2.20. The first-order valence-corrected chi connectivity index (χ1v) is 9.25. The molecule has 0 unspecified atom stereocenters. The molecule has 0 saturated heterocycles. The SMILES string of the molecule is Cc1ccc(NC(=O)N[C@H](C[S@@](C)=O)c2ccccc2)cc1Cl. The van der Waals surface area contributed by atoms with Gasteiger partial charge in [0.2, 0.25) is 0 Å². The summed E-state index contributed by atoms with van der Waals surface area (Å²) in [6.07, 6.45) is 1.62. The first-order valence-electron chi connectivity index (χ1n) is 7.14. The first kappa shape index (κ1) is 17.5. The summed E-state index contributed by atoms with van der Waals surface area (Å²) in [6.45, 7) is 1.90. The van der Waals surface area contributed by atoms with E-state index in [9.17, 15) is 9.00 Å². The number of carbonyl (C=O) groups excluding carboxylic acids is 1. The fourth-order valence-corrected chi connectivity index (χ4v) is 3.06. The second kappa shape index (κ2) is 8.13. The maximum atomic E-state index is 12.2. The first-order chi connectivity index (χ1) is 11.0. The summed E-state index contributed by atoms with van der Waals surface area (Å²) in [5.41, 5.74) is 2.48. The maximum Gasteiger partial charge on any atom is 0.319 e.